The van der Waals surface area contributed by atoms with Gasteiger partial charge in [-0.2, -0.15) is 0 Å². The summed E-state index contributed by atoms with van der Waals surface area (Å²) in [6.45, 7) is 0. The van der Waals surface area contributed by atoms with E-state index in [-0.39, 0.29) is 11.6 Å². The second-order valence-electron chi connectivity index (χ2n) is 5.24. The Labute approximate surface area is 127 Å². The summed E-state index contributed by atoms with van der Waals surface area (Å²) < 4.78 is 11.1. The van der Waals surface area contributed by atoms with E-state index in [0.29, 0.717) is 11.3 Å². The number of carbonyl (C=O) groups excluding carboxylic acids is 2. The van der Waals surface area contributed by atoms with Crippen molar-refractivity contribution >= 4 is 17.3 Å². The minimum Gasteiger partial charge on any atom is -0.451 e. The van der Waals surface area contributed by atoms with Crippen LogP contribution in [-0.2, 0) is 14.3 Å². The standard InChI is InChI=1S/C18H12O4/c19-15-11-14(12-7-3-1-4-8-12)21-18(15)17(22-18)16(20)13-9-5-2-6-10-13/h1-11,17H/t17-,18-/m0/s1. The van der Waals surface area contributed by atoms with Crippen molar-refractivity contribution in [3.8, 4) is 0 Å². The molecule has 0 aliphatic carbocycles. The minimum atomic E-state index is -1.46. The van der Waals surface area contributed by atoms with Crippen LogP contribution in [0.2, 0.25) is 0 Å². The first-order chi connectivity index (χ1) is 10.7. The molecule has 0 amide bonds. The third kappa shape index (κ3) is 1.89. The van der Waals surface area contributed by atoms with Gasteiger partial charge in [-0.3, -0.25) is 9.59 Å². The lowest BCUT2D eigenvalue weighted by molar-refractivity contribution is -0.127. The molecule has 4 heteroatoms. The summed E-state index contributed by atoms with van der Waals surface area (Å²) in [7, 11) is 0. The van der Waals surface area contributed by atoms with Crippen LogP contribution in [0.1, 0.15) is 15.9 Å². The fourth-order valence-electron chi connectivity index (χ4n) is 2.59. The number of carbonyl (C=O) groups is 2. The van der Waals surface area contributed by atoms with Gasteiger partial charge in [0, 0.05) is 17.2 Å². The molecule has 1 spiro atoms. The van der Waals surface area contributed by atoms with E-state index in [1.54, 1.807) is 24.3 Å². The molecule has 0 aromatic heterocycles. The lowest BCUT2D eigenvalue weighted by Crippen LogP contribution is -2.27. The second-order valence-corrected chi connectivity index (χ2v) is 5.24. The van der Waals surface area contributed by atoms with Crippen molar-refractivity contribution in [3.63, 3.8) is 0 Å². The summed E-state index contributed by atoms with van der Waals surface area (Å²) in [6, 6.07) is 18.0. The van der Waals surface area contributed by atoms with E-state index in [1.165, 1.54) is 6.08 Å². The Hall–Kier alpha value is -2.72. The Morgan fingerprint density at radius 2 is 1.59 bits per heavy atom. The summed E-state index contributed by atoms with van der Waals surface area (Å²) in [6.07, 6.45) is 0.521. The van der Waals surface area contributed by atoms with Crippen LogP contribution in [0.4, 0.5) is 0 Å². The highest BCUT2D eigenvalue weighted by Crippen LogP contribution is 2.48. The first-order valence-corrected chi connectivity index (χ1v) is 6.98. The van der Waals surface area contributed by atoms with Crippen LogP contribution in [0.3, 0.4) is 0 Å². The molecule has 2 atom stereocenters. The second kappa shape index (κ2) is 4.64. The molecule has 22 heavy (non-hydrogen) atoms. The normalized spacial score (nSPS) is 25.7. The van der Waals surface area contributed by atoms with E-state index < -0.39 is 11.9 Å². The van der Waals surface area contributed by atoms with Gasteiger partial charge >= 0.3 is 5.79 Å². The van der Waals surface area contributed by atoms with E-state index >= 15 is 0 Å². The quantitative estimate of drug-likeness (QED) is 0.644. The third-order valence-corrected chi connectivity index (χ3v) is 3.80. The van der Waals surface area contributed by atoms with Crippen LogP contribution in [0.5, 0.6) is 0 Å². The molecular formula is C18H12O4. The van der Waals surface area contributed by atoms with Gasteiger partial charge in [-0.1, -0.05) is 60.7 Å². The maximum atomic E-state index is 12.4. The minimum absolute atomic E-state index is 0.239. The number of Topliss-reactive ketones (excluding diaryl/α,β-unsaturated/α-hetero) is 1. The van der Waals surface area contributed by atoms with E-state index in [4.69, 9.17) is 9.47 Å². The monoisotopic (exact) mass is 292 g/mol. The Morgan fingerprint density at radius 3 is 2.27 bits per heavy atom. The van der Waals surface area contributed by atoms with Crippen LogP contribution in [0, 0.1) is 0 Å². The third-order valence-electron chi connectivity index (χ3n) is 3.80. The molecule has 0 unspecified atom stereocenters. The lowest BCUT2D eigenvalue weighted by Gasteiger charge is -2.07. The summed E-state index contributed by atoms with van der Waals surface area (Å²) >= 11 is 0. The maximum Gasteiger partial charge on any atom is 0.310 e. The van der Waals surface area contributed by atoms with Crippen molar-refractivity contribution in [2.75, 3.05) is 0 Å². The Morgan fingerprint density at radius 1 is 0.955 bits per heavy atom. The fourth-order valence-corrected chi connectivity index (χ4v) is 2.59. The average Bonchev–Trinajstić information content (AvgIpc) is 3.21. The van der Waals surface area contributed by atoms with Crippen LogP contribution in [-0.4, -0.2) is 23.5 Å². The zero-order valence-electron chi connectivity index (χ0n) is 11.6. The van der Waals surface area contributed by atoms with Crippen molar-refractivity contribution in [2.24, 2.45) is 0 Å². The molecule has 4 nitrogen and oxygen atoms in total. The SMILES string of the molecule is O=C(c1ccccc1)[C@@H]1O[C@]12OC(c1ccccc1)=CC2=O. The van der Waals surface area contributed by atoms with Gasteiger partial charge in [-0.05, 0) is 0 Å². The molecule has 0 radical (unpaired) electrons. The summed E-state index contributed by atoms with van der Waals surface area (Å²) in [4.78, 5) is 24.6. The van der Waals surface area contributed by atoms with Crippen molar-refractivity contribution < 1.29 is 19.1 Å². The van der Waals surface area contributed by atoms with E-state index in [2.05, 4.69) is 0 Å². The van der Waals surface area contributed by atoms with Gasteiger partial charge in [-0.25, -0.2) is 0 Å². The van der Waals surface area contributed by atoms with Crippen molar-refractivity contribution in [1.29, 1.82) is 0 Å². The van der Waals surface area contributed by atoms with Gasteiger partial charge in [0.1, 0.15) is 5.76 Å². The van der Waals surface area contributed by atoms with Crippen molar-refractivity contribution in [2.45, 2.75) is 11.9 Å². The van der Waals surface area contributed by atoms with Crippen LogP contribution in [0.15, 0.2) is 66.7 Å². The van der Waals surface area contributed by atoms with E-state index in [9.17, 15) is 9.59 Å². The largest absolute Gasteiger partial charge is 0.451 e. The Balaban J connectivity index is 1.57. The summed E-state index contributed by atoms with van der Waals surface area (Å²) in [5.41, 5.74) is 1.29. The van der Waals surface area contributed by atoms with Gasteiger partial charge in [0.15, 0.2) is 11.9 Å². The number of ketones is 2. The summed E-state index contributed by atoms with van der Waals surface area (Å²) in [5, 5.41) is 0. The van der Waals surface area contributed by atoms with E-state index in [1.807, 2.05) is 36.4 Å². The van der Waals surface area contributed by atoms with Crippen LogP contribution < -0.4 is 0 Å². The molecule has 1 fully saturated rings. The van der Waals surface area contributed by atoms with Crippen LogP contribution >= 0.6 is 0 Å². The van der Waals surface area contributed by atoms with Gasteiger partial charge in [0.25, 0.3) is 0 Å². The number of hydrogen-bond acceptors (Lipinski definition) is 4. The predicted octanol–water partition coefficient (Wildman–Crippen LogP) is 2.60. The molecule has 0 saturated carbocycles. The molecule has 2 aliphatic heterocycles. The molecule has 2 aliphatic rings. The molecule has 0 bridgehead atoms. The fraction of sp³-hybridized carbons (Fsp3) is 0.111. The molecule has 2 aromatic rings. The molecule has 108 valence electrons. The number of hydrogen-bond donors (Lipinski definition) is 0. The van der Waals surface area contributed by atoms with Gasteiger partial charge in [0.2, 0.25) is 5.78 Å². The lowest BCUT2D eigenvalue weighted by atomic mass is 10.0. The highest BCUT2D eigenvalue weighted by atomic mass is 16.8. The number of benzene rings is 2. The van der Waals surface area contributed by atoms with Gasteiger partial charge < -0.3 is 9.47 Å². The smallest absolute Gasteiger partial charge is 0.310 e. The molecule has 4 rings (SSSR count). The number of rotatable bonds is 3. The first-order valence-electron chi connectivity index (χ1n) is 6.98. The first kappa shape index (κ1) is 13.0. The molecule has 0 N–H and O–H groups in total. The van der Waals surface area contributed by atoms with Crippen molar-refractivity contribution in [3.05, 3.63) is 77.9 Å². The molecule has 2 aromatic carbocycles. The number of epoxide rings is 1. The maximum absolute atomic E-state index is 12.4. The van der Waals surface area contributed by atoms with E-state index in [0.717, 1.165) is 5.56 Å². The number of ether oxygens (including phenoxy) is 2. The van der Waals surface area contributed by atoms with Gasteiger partial charge in [-0.15, -0.1) is 0 Å². The predicted molar refractivity (Wildman–Crippen MR) is 78.9 cm³/mol. The Bertz CT molecular complexity index is 779. The topological polar surface area (TPSA) is 55.9 Å². The molecular weight excluding hydrogens is 280 g/mol. The Kier molecular flexibility index (Phi) is 2.74. The highest BCUT2D eigenvalue weighted by Gasteiger charge is 2.71. The van der Waals surface area contributed by atoms with Crippen LogP contribution in [0.25, 0.3) is 5.76 Å². The summed E-state index contributed by atoms with van der Waals surface area (Å²) in [5.74, 6) is -1.58. The zero-order valence-corrected chi connectivity index (χ0v) is 11.6. The van der Waals surface area contributed by atoms with Crippen molar-refractivity contribution in [1.82, 2.24) is 0 Å². The zero-order chi connectivity index (χ0) is 15.2. The van der Waals surface area contributed by atoms with Gasteiger partial charge in [0.05, 0.1) is 0 Å². The average molecular weight is 292 g/mol. The molecule has 1 saturated heterocycles. The molecule has 2 heterocycles. The highest BCUT2D eigenvalue weighted by molar-refractivity contribution is 6.13.